The fraction of sp³-hybridized carbons (Fsp3) is 0.647. The summed E-state index contributed by atoms with van der Waals surface area (Å²) in [6, 6.07) is 6.94. The molecule has 1 aromatic rings. The van der Waals surface area contributed by atoms with Crippen molar-refractivity contribution in [1.82, 2.24) is 5.43 Å². The first-order valence-electron chi connectivity index (χ1n) is 7.58. The molecule has 1 unspecified atom stereocenters. The van der Waals surface area contributed by atoms with E-state index in [2.05, 4.69) is 44.4 Å². The molecule has 1 aliphatic rings. The van der Waals surface area contributed by atoms with Gasteiger partial charge in [0.25, 0.3) is 0 Å². The minimum absolute atomic E-state index is 0.349. The third kappa shape index (κ3) is 3.18. The van der Waals surface area contributed by atoms with Crippen LogP contribution in [0.2, 0.25) is 0 Å². The van der Waals surface area contributed by atoms with E-state index in [9.17, 15) is 0 Å². The average Bonchev–Trinajstić information content (AvgIpc) is 2.39. The molecule has 1 fully saturated rings. The molecular formula is C17H28N2. The molecule has 3 N–H and O–H groups in total. The molecule has 0 spiro atoms. The van der Waals surface area contributed by atoms with E-state index in [1.165, 1.54) is 48.8 Å². The number of hydrogen-bond donors (Lipinski definition) is 2. The second-order valence-corrected chi connectivity index (χ2v) is 6.51. The lowest BCUT2D eigenvalue weighted by Crippen LogP contribution is -2.49. The Morgan fingerprint density at radius 3 is 2.26 bits per heavy atom. The van der Waals surface area contributed by atoms with Gasteiger partial charge in [0.05, 0.1) is 0 Å². The number of nitrogens with one attached hydrogen (secondary N) is 1. The van der Waals surface area contributed by atoms with Gasteiger partial charge in [0.1, 0.15) is 0 Å². The normalized spacial score (nSPS) is 20.2. The van der Waals surface area contributed by atoms with E-state index in [0.29, 0.717) is 11.5 Å². The Morgan fingerprint density at radius 2 is 1.74 bits per heavy atom. The summed E-state index contributed by atoms with van der Waals surface area (Å²) in [4.78, 5) is 0. The molecule has 1 saturated carbocycles. The zero-order valence-electron chi connectivity index (χ0n) is 12.6. The zero-order chi connectivity index (χ0) is 13.9. The smallest absolute Gasteiger partial charge is 0.0304 e. The van der Waals surface area contributed by atoms with Crippen molar-refractivity contribution in [3.63, 3.8) is 0 Å². The Bertz CT molecular complexity index is 399. The number of nitrogens with two attached hydrogens (primary N) is 1. The Hall–Kier alpha value is -0.860. The Kier molecular flexibility index (Phi) is 4.64. The monoisotopic (exact) mass is 260 g/mol. The topological polar surface area (TPSA) is 38.0 Å². The molecule has 2 nitrogen and oxygen atoms in total. The highest BCUT2D eigenvalue weighted by Crippen LogP contribution is 2.40. The van der Waals surface area contributed by atoms with Crippen molar-refractivity contribution in [3.05, 3.63) is 34.9 Å². The SMILES string of the molecule is Cc1cccc(C)c1CC(NN)C1(C)CCCCC1. The molecular weight excluding hydrogens is 232 g/mol. The van der Waals surface area contributed by atoms with Gasteiger partial charge in [-0.3, -0.25) is 11.3 Å². The molecule has 0 heterocycles. The van der Waals surface area contributed by atoms with Gasteiger partial charge >= 0.3 is 0 Å². The Labute approximate surface area is 117 Å². The highest BCUT2D eigenvalue weighted by Gasteiger charge is 2.35. The van der Waals surface area contributed by atoms with Gasteiger partial charge in [0.2, 0.25) is 0 Å². The van der Waals surface area contributed by atoms with Crippen LogP contribution in [-0.4, -0.2) is 6.04 Å². The Morgan fingerprint density at radius 1 is 1.16 bits per heavy atom. The van der Waals surface area contributed by atoms with Crippen molar-refractivity contribution >= 4 is 0 Å². The summed E-state index contributed by atoms with van der Waals surface area (Å²) in [5.41, 5.74) is 7.71. The minimum Gasteiger partial charge on any atom is -0.271 e. The van der Waals surface area contributed by atoms with Crippen LogP contribution in [0.5, 0.6) is 0 Å². The fourth-order valence-electron chi connectivity index (χ4n) is 3.59. The second-order valence-electron chi connectivity index (χ2n) is 6.51. The van der Waals surface area contributed by atoms with Crippen molar-refractivity contribution < 1.29 is 0 Å². The largest absolute Gasteiger partial charge is 0.271 e. The van der Waals surface area contributed by atoms with Crippen LogP contribution in [-0.2, 0) is 6.42 Å². The molecule has 2 heteroatoms. The molecule has 0 amide bonds. The van der Waals surface area contributed by atoms with E-state index in [1.807, 2.05) is 0 Å². The molecule has 1 atom stereocenters. The van der Waals surface area contributed by atoms with Crippen molar-refractivity contribution in [2.24, 2.45) is 11.3 Å². The average molecular weight is 260 g/mol. The Balaban J connectivity index is 2.19. The fourth-order valence-corrected chi connectivity index (χ4v) is 3.59. The molecule has 1 aliphatic carbocycles. The van der Waals surface area contributed by atoms with Gasteiger partial charge in [-0.15, -0.1) is 0 Å². The highest BCUT2D eigenvalue weighted by atomic mass is 15.2. The molecule has 0 saturated heterocycles. The lowest BCUT2D eigenvalue weighted by Gasteiger charge is -2.41. The van der Waals surface area contributed by atoms with Gasteiger partial charge in [0.15, 0.2) is 0 Å². The predicted octanol–water partition coefficient (Wildman–Crippen LogP) is 3.65. The summed E-state index contributed by atoms with van der Waals surface area (Å²) >= 11 is 0. The van der Waals surface area contributed by atoms with Gasteiger partial charge in [-0.2, -0.15) is 0 Å². The highest BCUT2D eigenvalue weighted by molar-refractivity contribution is 5.34. The zero-order valence-corrected chi connectivity index (χ0v) is 12.6. The lowest BCUT2D eigenvalue weighted by atomic mass is 9.69. The van der Waals surface area contributed by atoms with Crippen molar-refractivity contribution in [1.29, 1.82) is 0 Å². The van der Waals surface area contributed by atoms with Crippen LogP contribution in [0.3, 0.4) is 0 Å². The van der Waals surface area contributed by atoms with Crippen LogP contribution < -0.4 is 11.3 Å². The first kappa shape index (κ1) is 14.5. The maximum absolute atomic E-state index is 5.89. The van der Waals surface area contributed by atoms with Gasteiger partial charge in [-0.05, 0) is 55.2 Å². The molecule has 2 rings (SSSR count). The maximum atomic E-state index is 5.89. The van der Waals surface area contributed by atoms with Crippen LogP contribution in [0, 0.1) is 19.3 Å². The van der Waals surface area contributed by atoms with Crippen LogP contribution in [0.15, 0.2) is 18.2 Å². The molecule has 0 radical (unpaired) electrons. The van der Waals surface area contributed by atoms with Crippen molar-refractivity contribution in [2.45, 2.75) is 65.3 Å². The summed E-state index contributed by atoms with van der Waals surface area (Å²) in [5, 5.41) is 0. The van der Waals surface area contributed by atoms with Crippen LogP contribution >= 0.6 is 0 Å². The predicted molar refractivity (Wildman–Crippen MR) is 81.9 cm³/mol. The third-order valence-electron chi connectivity index (χ3n) is 5.09. The molecule has 19 heavy (non-hydrogen) atoms. The van der Waals surface area contributed by atoms with Crippen LogP contribution in [0.1, 0.15) is 55.7 Å². The van der Waals surface area contributed by atoms with Gasteiger partial charge in [-0.1, -0.05) is 44.4 Å². The van der Waals surface area contributed by atoms with E-state index in [-0.39, 0.29) is 0 Å². The summed E-state index contributed by atoms with van der Waals surface area (Å²) in [7, 11) is 0. The standard InChI is InChI=1S/C17H28N2/c1-13-8-7-9-14(2)15(13)12-16(19-18)17(3)10-5-4-6-11-17/h7-9,16,19H,4-6,10-12,18H2,1-3H3. The number of hydrazine groups is 1. The third-order valence-corrected chi connectivity index (χ3v) is 5.09. The van der Waals surface area contributed by atoms with E-state index >= 15 is 0 Å². The first-order chi connectivity index (χ1) is 9.07. The first-order valence-corrected chi connectivity index (χ1v) is 7.58. The quantitative estimate of drug-likeness (QED) is 0.640. The summed E-state index contributed by atoms with van der Waals surface area (Å²) in [6.07, 6.45) is 7.73. The van der Waals surface area contributed by atoms with E-state index in [1.54, 1.807) is 0 Å². The van der Waals surface area contributed by atoms with E-state index < -0.39 is 0 Å². The summed E-state index contributed by atoms with van der Waals surface area (Å²) in [5.74, 6) is 5.89. The molecule has 0 aromatic heterocycles. The summed E-state index contributed by atoms with van der Waals surface area (Å²) < 4.78 is 0. The molecule has 1 aromatic carbocycles. The maximum Gasteiger partial charge on any atom is 0.0304 e. The van der Waals surface area contributed by atoms with Crippen molar-refractivity contribution in [3.8, 4) is 0 Å². The molecule has 0 aliphatic heterocycles. The van der Waals surface area contributed by atoms with Crippen LogP contribution in [0.4, 0.5) is 0 Å². The van der Waals surface area contributed by atoms with Gasteiger partial charge < -0.3 is 0 Å². The number of aryl methyl sites for hydroxylation is 2. The number of hydrogen-bond acceptors (Lipinski definition) is 2. The van der Waals surface area contributed by atoms with Gasteiger partial charge in [-0.25, -0.2) is 0 Å². The second kappa shape index (κ2) is 6.06. The molecule has 106 valence electrons. The van der Waals surface area contributed by atoms with Crippen molar-refractivity contribution in [2.75, 3.05) is 0 Å². The van der Waals surface area contributed by atoms with E-state index in [0.717, 1.165) is 6.42 Å². The van der Waals surface area contributed by atoms with Crippen LogP contribution in [0.25, 0.3) is 0 Å². The van der Waals surface area contributed by atoms with Gasteiger partial charge in [0, 0.05) is 6.04 Å². The lowest BCUT2D eigenvalue weighted by molar-refractivity contribution is 0.143. The number of rotatable bonds is 4. The molecule has 0 bridgehead atoms. The summed E-state index contributed by atoms with van der Waals surface area (Å²) in [6.45, 7) is 6.82. The number of benzene rings is 1. The minimum atomic E-state index is 0.349. The van der Waals surface area contributed by atoms with E-state index in [4.69, 9.17) is 5.84 Å².